The summed E-state index contributed by atoms with van der Waals surface area (Å²) in [6.45, 7) is 0.710. The highest BCUT2D eigenvalue weighted by atomic mass is 35.5. The first-order valence-electron chi connectivity index (χ1n) is 3.17. The predicted octanol–water partition coefficient (Wildman–Crippen LogP) is -1.86. The van der Waals surface area contributed by atoms with Crippen LogP contribution in [0.5, 0.6) is 0 Å². The van der Waals surface area contributed by atoms with Crippen LogP contribution in [0.25, 0.3) is 0 Å². The molecule has 0 aliphatic carbocycles. The molecule has 1 rings (SSSR count). The number of hydrogen-bond acceptors (Lipinski definition) is 3. The summed E-state index contributed by atoms with van der Waals surface area (Å²) in [7, 11) is 0. The summed E-state index contributed by atoms with van der Waals surface area (Å²) >= 11 is 1.68. The Hall–Kier alpha value is -0.250. The molecule has 2 nitrogen and oxygen atoms in total. The molecule has 0 aliphatic rings. The van der Waals surface area contributed by atoms with Crippen molar-refractivity contribution in [3.05, 3.63) is 24.4 Å². The van der Waals surface area contributed by atoms with Gasteiger partial charge in [-0.1, -0.05) is 6.07 Å². The Kier molecular flexibility index (Phi) is 6.31. The third-order valence-electron chi connectivity index (χ3n) is 1.01. The summed E-state index contributed by atoms with van der Waals surface area (Å²) in [5.74, 6) is 0.941. The second kappa shape index (κ2) is 6.46. The minimum Gasteiger partial charge on any atom is -1.00 e. The molecule has 0 fully saturated rings. The van der Waals surface area contributed by atoms with Crippen molar-refractivity contribution >= 4 is 11.8 Å². The third-order valence-corrected chi connectivity index (χ3v) is 1.98. The summed E-state index contributed by atoms with van der Waals surface area (Å²) in [5.41, 5.74) is 5.33. The molecular weight excluding hydrogens is 180 g/mol. The van der Waals surface area contributed by atoms with Crippen molar-refractivity contribution < 1.29 is 12.4 Å². The van der Waals surface area contributed by atoms with E-state index in [0.717, 1.165) is 10.8 Å². The Labute approximate surface area is 77.0 Å². The number of pyridine rings is 1. The number of nitrogens with two attached hydrogens (primary N) is 1. The first-order valence-corrected chi connectivity index (χ1v) is 4.16. The molecule has 0 radical (unpaired) electrons. The first kappa shape index (κ1) is 10.8. The molecule has 0 unspecified atom stereocenters. The van der Waals surface area contributed by atoms with Gasteiger partial charge >= 0.3 is 0 Å². The molecule has 1 aromatic heterocycles. The van der Waals surface area contributed by atoms with Crippen molar-refractivity contribution in [1.29, 1.82) is 0 Å². The molecule has 0 spiro atoms. The topological polar surface area (TPSA) is 38.9 Å². The minimum absolute atomic E-state index is 0. The van der Waals surface area contributed by atoms with Crippen LogP contribution < -0.4 is 18.1 Å². The van der Waals surface area contributed by atoms with Crippen molar-refractivity contribution in [2.45, 2.75) is 5.03 Å². The van der Waals surface area contributed by atoms with Gasteiger partial charge in [0.25, 0.3) is 0 Å². The lowest BCUT2D eigenvalue weighted by Crippen LogP contribution is -3.00. The fourth-order valence-electron chi connectivity index (χ4n) is 0.596. The summed E-state index contributed by atoms with van der Waals surface area (Å²) in [6.07, 6.45) is 1.79. The predicted molar refractivity (Wildman–Crippen MR) is 44.0 cm³/mol. The van der Waals surface area contributed by atoms with E-state index in [1.54, 1.807) is 18.0 Å². The number of nitrogens with zero attached hydrogens (tertiary/aromatic N) is 1. The molecule has 0 amide bonds. The molecule has 62 valence electrons. The normalized spacial score (nSPS) is 8.82. The zero-order valence-electron chi connectivity index (χ0n) is 6.03. The second-order valence-corrected chi connectivity index (χ2v) is 2.92. The average molecular weight is 190 g/mol. The molecule has 0 saturated heterocycles. The van der Waals surface area contributed by atoms with Crippen LogP contribution in [0.15, 0.2) is 29.4 Å². The first-order chi connectivity index (χ1) is 4.93. The highest BCUT2D eigenvalue weighted by Crippen LogP contribution is 2.11. The SMILES string of the molecule is NCCSc1ccccn1.[Cl-]. The van der Waals surface area contributed by atoms with Crippen LogP contribution in [0.2, 0.25) is 0 Å². The van der Waals surface area contributed by atoms with Crippen molar-refractivity contribution in [3.63, 3.8) is 0 Å². The molecule has 11 heavy (non-hydrogen) atoms. The Morgan fingerprint density at radius 2 is 2.27 bits per heavy atom. The lowest BCUT2D eigenvalue weighted by atomic mass is 10.5. The minimum atomic E-state index is 0. The maximum absolute atomic E-state index is 5.33. The maximum atomic E-state index is 5.33. The van der Waals surface area contributed by atoms with Gasteiger partial charge in [-0.05, 0) is 12.1 Å². The van der Waals surface area contributed by atoms with Gasteiger partial charge in [-0.25, -0.2) is 4.98 Å². The van der Waals surface area contributed by atoms with E-state index < -0.39 is 0 Å². The summed E-state index contributed by atoms with van der Waals surface area (Å²) < 4.78 is 0. The van der Waals surface area contributed by atoms with Gasteiger partial charge < -0.3 is 18.1 Å². The molecule has 0 bridgehead atoms. The van der Waals surface area contributed by atoms with Gasteiger partial charge in [0.15, 0.2) is 0 Å². The van der Waals surface area contributed by atoms with Gasteiger partial charge in [0.2, 0.25) is 0 Å². The van der Waals surface area contributed by atoms with E-state index in [0.29, 0.717) is 6.54 Å². The van der Waals surface area contributed by atoms with Gasteiger partial charge in [0.05, 0.1) is 5.03 Å². The number of halogens is 1. The molecular formula is C7H10ClN2S-. The van der Waals surface area contributed by atoms with Crippen molar-refractivity contribution in [2.75, 3.05) is 12.3 Å². The number of hydrogen-bond donors (Lipinski definition) is 1. The maximum Gasteiger partial charge on any atom is 0.0960 e. The van der Waals surface area contributed by atoms with E-state index >= 15 is 0 Å². The van der Waals surface area contributed by atoms with Gasteiger partial charge in [0.1, 0.15) is 0 Å². The zero-order chi connectivity index (χ0) is 7.23. The van der Waals surface area contributed by atoms with Crippen LogP contribution >= 0.6 is 11.8 Å². The third kappa shape index (κ3) is 4.24. The van der Waals surface area contributed by atoms with Gasteiger partial charge in [-0.15, -0.1) is 11.8 Å². The molecule has 0 aliphatic heterocycles. The Morgan fingerprint density at radius 1 is 1.45 bits per heavy atom. The van der Waals surface area contributed by atoms with Crippen LogP contribution in [-0.4, -0.2) is 17.3 Å². The van der Waals surface area contributed by atoms with Crippen LogP contribution in [0.1, 0.15) is 0 Å². The fourth-order valence-corrected chi connectivity index (χ4v) is 1.23. The summed E-state index contributed by atoms with van der Waals surface area (Å²) in [5, 5.41) is 1.05. The lowest BCUT2D eigenvalue weighted by molar-refractivity contribution is -0.00000216. The van der Waals surface area contributed by atoms with Crippen LogP contribution in [0, 0.1) is 0 Å². The van der Waals surface area contributed by atoms with Crippen LogP contribution in [0.3, 0.4) is 0 Å². The van der Waals surface area contributed by atoms with E-state index in [-0.39, 0.29) is 12.4 Å². The molecule has 4 heteroatoms. The quantitative estimate of drug-likeness (QED) is 0.567. The van der Waals surface area contributed by atoms with Gasteiger partial charge in [0, 0.05) is 18.5 Å². The molecule has 0 atom stereocenters. The summed E-state index contributed by atoms with van der Waals surface area (Å²) in [6, 6.07) is 5.87. The average Bonchev–Trinajstić information content (AvgIpc) is 2.03. The fraction of sp³-hybridized carbons (Fsp3) is 0.286. The summed E-state index contributed by atoms with van der Waals surface area (Å²) in [4.78, 5) is 4.12. The largest absolute Gasteiger partial charge is 1.00 e. The highest BCUT2D eigenvalue weighted by molar-refractivity contribution is 7.99. The number of rotatable bonds is 3. The van der Waals surface area contributed by atoms with Gasteiger partial charge in [-0.3, -0.25) is 0 Å². The van der Waals surface area contributed by atoms with Gasteiger partial charge in [-0.2, -0.15) is 0 Å². The number of thioether (sulfide) groups is 1. The van der Waals surface area contributed by atoms with Crippen molar-refractivity contribution in [3.8, 4) is 0 Å². The monoisotopic (exact) mass is 189 g/mol. The van der Waals surface area contributed by atoms with E-state index in [1.807, 2.05) is 18.2 Å². The van der Waals surface area contributed by atoms with E-state index in [1.165, 1.54) is 0 Å². The standard InChI is InChI=1S/C7H10N2S.ClH/c8-4-6-10-7-3-1-2-5-9-7;/h1-3,5H,4,6,8H2;1H/p-1. The smallest absolute Gasteiger partial charge is 0.0960 e. The number of aromatic nitrogens is 1. The molecule has 0 aromatic carbocycles. The van der Waals surface area contributed by atoms with Crippen LogP contribution in [-0.2, 0) is 0 Å². The molecule has 0 saturated carbocycles. The van der Waals surface area contributed by atoms with E-state index in [2.05, 4.69) is 4.98 Å². The second-order valence-electron chi connectivity index (χ2n) is 1.81. The Balaban J connectivity index is 0.000001000. The van der Waals surface area contributed by atoms with E-state index in [4.69, 9.17) is 5.73 Å². The Morgan fingerprint density at radius 3 is 2.82 bits per heavy atom. The zero-order valence-corrected chi connectivity index (χ0v) is 7.61. The molecule has 1 heterocycles. The molecule has 2 N–H and O–H groups in total. The van der Waals surface area contributed by atoms with Crippen molar-refractivity contribution in [2.24, 2.45) is 5.73 Å². The van der Waals surface area contributed by atoms with Crippen LogP contribution in [0.4, 0.5) is 0 Å². The molecule has 1 aromatic rings. The van der Waals surface area contributed by atoms with Crippen molar-refractivity contribution in [1.82, 2.24) is 4.98 Å². The highest BCUT2D eigenvalue weighted by Gasteiger charge is 1.89. The lowest BCUT2D eigenvalue weighted by Gasteiger charge is -1.95. The van der Waals surface area contributed by atoms with E-state index in [9.17, 15) is 0 Å². The Bertz CT molecular complexity index is 181.